The number of rotatable bonds is 4. The molecule has 1 aromatic rings. The molecule has 17 heavy (non-hydrogen) atoms. The Morgan fingerprint density at radius 2 is 2.06 bits per heavy atom. The summed E-state index contributed by atoms with van der Waals surface area (Å²) < 4.78 is 0. The molecular weight excluding hydrogens is 242 g/mol. The van der Waals surface area contributed by atoms with Gasteiger partial charge in [0.15, 0.2) is 5.84 Å². The molecule has 0 aliphatic rings. The molecule has 0 saturated heterocycles. The first-order valence-corrected chi connectivity index (χ1v) is 5.43. The highest BCUT2D eigenvalue weighted by Crippen LogP contribution is 2.11. The number of likely N-dealkylation sites (N-methyl/N-ethyl adjacent to an activating group) is 1. The monoisotopic (exact) mass is 255 g/mol. The molecule has 0 radical (unpaired) electrons. The van der Waals surface area contributed by atoms with Gasteiger partial charge in [-0.25, -0.2) is 0 Å². The lowest BCUT2D eigenvalue weighted by Crippen LogP contribution is -2.32. The van der Waals surface area contributed by atoms with Crippen LogP contribution in [0.25, 0.3) is 0 Å². The number of benzene rings is 1. The van der Waals surface area contributed by atoms with E-state index >= 15 is 0 Å². The van der Waals surface area contributed by atoms with Crippen LogP contribution in [0.2, 0.25) is 5.02 Å². The van der Waals surface area contributed by atoms with Crippen LogP contribution in [-0.2, 0) is 6.54 Å². The summed E-state index contributed by atoms with van der Waals surface area (Å²) in [5.41, 5.74) is 1.03. The van der Waals surface area contributed by atoms with E-state index < -0.39 is 0 Å². The number of hydrogen-bond donors (Lipinski definition) is 0. The van der Waals surface area contributed by atoms with Crippen LogP contribution in [0.4, 0.5) is 0 Å². The highest BCUT2D eigenvalue weighted by Gasteiger charge is 2.12. The third-order valence-corrected chi connectivity index (χ3v) is 2.55. The summed E-state index contributed by atoms with van der Waals surface area (Å²) in [6.07, 6.45) is 0. The minimum atomic E-state index is -0.388. The van der Waals surface area contributed by atoms with Crippen LogP contribution in [0.5, 0.6) is 0 Å². The topological polar surface area (TPSA) is 58.7 Å². The van der Waals surface area contributed by atoms with E-state index in [0.717, 1.165) is 5.56 Å². The lowest BCUT2D eigenvalue weighted by molar-refractivity contribution is -0.464. The van der Waals surface area contributed by atoms with Crippen molar-refractivity contribution in [2.24, 2.45) is 4.99 Å². The summed E-state index contributed by atoms with van der Waals surface area (Å²) in [4.78, 5) is 15.7. The molecule has 0 bridgehead atoms. The number of nitro groups is 1. The fourth-order valence-electron chi connectivity index (χ4n) is 1.43. The van der Waals surface area contributed by atoms with E-state index in [1.54, 1.807) is 31.1 Å². The summed E-state index contributed by atoms with van der Waals surface area (Å²) in [7, 11) is 3.33. The van der Waals surface area contributed by atoms with Gasteiger partial charge in [0.1, 0.15) is 0 Å². The Kier molecular flexibility index (Phi) is 4.90. The van der Waals surface area contributed by atoms with Gasteiger partial charge in [-0.15, -0.1) is 0 Å². The summed E-state index contributed by atoms with van der Waals surface area (Å²) in [6.45, 7) is 0.304. The zero-order valence-electron chi connectivity index (χ0n) is 9.76. The lowest BCUT2D eigenvalue weighted by atomic mass is 10.2. The van der Waals surface area contributed by atoms with Crippen LogP contribution < -0.4 is 0 Å². The van der Waals surface area contributed by atoms with Crippen molar-refractivity contribution in [1.29, 1.82) is 0 Å². The van der Waals surface area contributed by atoms with Gasteiger partial charge in [-0.3, -0.25) is 15.1 Å². The van der Waals surface area contributed by atoms with Gasteiger partial charge in [0.05, 0.1) is 0 Å². The number of halogens is 1. The summed E-state index contributed by atoms with van der Waals surface area (Å²) in [6, 6.07) is 7.36. The van der Waals surface area contributed by atoms with E-state index in [1.165, 1.54) is 0 Å². The predicted molar refractivity (Wildman–Crippen MR) is 68.1 cm³/mol. The maximum atomic E-state index is 10.5. The van der Waals surface area contributed by atoms with Crippen molar-refractivity contribution in [3.8, 4) is 0 Å². The minimum Gasteiger partial charge on any atom is -0.354 e. The van der Waals surface area contributed by atoms with E-state index in [4.69, 9.17) is 11.6 Å². The molecule has 0 fully saturated rings. The highest BCUT2D eigenvalue weighted by atomic mass is 35.5. The van der Waals surface area contributed by atoms with Gasteiger partial charge in [-0.05, 0) is 17.7 Å². The molecule has 5 nitrogen and oxygen atoms in total. The molecule has 0 heterocycles. The van der Waals surface area contributed by atoms with E-state index in [0.29, 0.717) is 17.4 Å². The standard InChI is InChI=1S/C11H14ClN3O2/c1-13-11(8-15(16)17)14(2)7-9-3-5-10(12)6-4-9/h3-6H,7-8H2,1-2H3. The molecule has 0 aliphatic heterocycles. The zero-order chi connectivity index (χ0) is 12.8. The third kappa shape index (κ3) is 4.40. The SMILES string of the molecule is CN=C(C[N+](=O)[O-])N(C)Cc1ccc(Cl)cc1. The zero-order valence-corrected chi connectivity index (χ0v) is 10.5. The van der Waals surface area contributed by atoms with E-state index in [2.05, 4.69) is 4.99 Å². The molecule has 0 unspecified atom stereocenters. The molecule has 0 saturated carbocycles. The minimum absolute atomic E-state index is 0.263. The third-order valence-electron chi connectivity index (χ3n) is 2.30. The smallest absolute Gasteiger partial charge is 0.260 e. The second kappa shape index (κ2) is 6.20. The Morgan fingerprint density at radius 1 is 1.47 bits per heavy atom. The van der Waals surface area contributed by atoms with Crippen LogP contribution in [0.1, 0.15) is 5.56 Å². The first kappa shape index (κ1) is 13.4. The highest BCUT2D eigenvalue weighted by molar-refractivity contribution is 6.30. The average molecular weight is 256 g/mol. The van der Waals surface area contributed by atoms with Gasteiger partial charge >= 0.3 is 0 Å². The Labute approximate surface area is 105 Å². The predicted octanol–water partition coefficient (Wildman–Crippen LogP) is 2.08. The molecule has 0 amide bonds. The van der Waals surface area contributed by atoms with Crippen molar-refractivity contribution in [3.05, 3.63) is 45.0 Å². The van der Waals surface area contributed by atoms with E-state index in [1.807, 2.05) is 12.1 Å². The molecule has 0 N–H and O–H groups in total. The van der Waals surface area contributed by atoms with Crippen molar-refractivity contribution in [3.63, 3.8) is 0 Å². The molecule has 0 spiro atoms. The Hall–Kier alpha value is -1.62. The molecule has 0 aliphatic carbocycles. The maximum Gasteiger partial charge on any atom is 0.260 e. The fraction of sp³-hybridized carbons (Fsp3) is 0.364. The van der Waals surface area contributed by atoms with E-state index in [-0.39, 0.29) is 11.5 Å². The summed E-state index contributed by atoms with van der Waals surface area (Å²) >= 11 is 5.78. The second-order valence-corrected chi connectivity index (χ2v) is 4.05. The summed E-state index contributed by atoms with van der Waals surface area (Å²) in [5, 5.41) is 11.1. The molecule has 1 aromatic carbocycles. The molecule has 92 valence electrons. The van der Waals surface area contributed by atoms with Crippen LogP contribution in [0, 0.1) is 10.1 Å². The second-order valence-electron chi connectivity index (χ2n) is 3.61. The molecule has 6 heteroatoms. The number of hydrogen-bond acceptors (Lipinski definition) is 3. The van der Waals surface area contributed by atoms with Crippen LogP contribution in [-0.4, -0.2) is 36.3 Å². The lowest BCUT2D eigenvalue weighted by Gasteiger charge is -2.18. The van der Waals surface area contributed by atoms with Crippen molar-refractivity contribution in [2.75, 3.05) is 20.6 Å². The van der Waals surface area contributed by atoms with Crippen LogP contribution >= 0.6 is 11.6 Å². The normalized spacial score (nSPS) is 11.4. The molecule has 0 atom stereocenters. The molecular formula is C11H14ClN3O2. The first-order chi connectivity index (χ1) is 8.02. The Balaban J connectivity index is 2.67. The van der Waals surface area contributed by atoms with Gasteiger partial charge in [-0.1, -0.05) is 23.7 Å². The average Bonchev–Trinajstić information content (AvgIpc) is 2.28. The van der Waals surface area contributed by atoms with Gasteiger partial charge in [0.2, 0.25) is 0 Å². The van der Waals surface area contributed by atoms with Crippen molar-refractivity contribution in [2.45, 2.75) is 6.54 Å². The van der Waals surface area contributed by atoms with Gasteiger partial charge in [0.25, 0.3) is 6.54 Å². The van der Waals surface area contributed by atoms with Crippen molar-refractivity contribution < 1.29 is 4.92 Å². The van der Waals surface area contributed by atoms with Crippen molar-refractivity contribution >= 4 is 17.4 Å². The fourth-order valence-corrected chi connectivity index (χ4v) is 1.56. The van der Waals surface area contributed by atoms with Crippen LogP contribution in [0.15, 0.2) is 29.3 Å². The largest absolute Gasteiger partial charge is 0.354 e. The molecule has 1 rings (SSSR count). The number of amidine groups is 1. The quantitative estimate of drug-likeness (QED) is 0.358. The summed E-state index contributed by atoms with van der Waals surface area (Å²) in [5.74, 6) is 0.449. The number of nitrogens with zero attached hydrogens (tertiary/aromatic N) is 3. The Bertz CT molecular complexity index is 417. The number of aliphatic imine (C=N–C) groups is 1. The first-order valence-electron chi connectivity index (χ1n) is 5.06. The van der Waals surface area contributed by atoms with Crippen LogP contribution in [0.3, 0.4) is 0 Å². The maximum absolute atomic E-state index is 10.5. The Morgan fingerprint density at radius 3 is 2.53 bits per heavy atom. The van der Waals surface area contributed by atoms with Gasteiger partial charge in [0, 0.05) is 30.6 Å². The van der Waals surface area contributed by atoms with Gasteiger partial charge in [-0.2, -0.15) is 0 Å². The van der Waals surface area contributed by atoms with Crippen molar-refractivity contribution in [1.82, 2.24) is 4.90 Å². The molecule has 0 aromatic heterocycles. The van der Waals surface area contributed by atoms with Gasteiger partial charge < -0.3 is 4.90 Å². The van der Waals surface area contributed by atoms with E-state index in [9.17, 15) is 10.1 Å².